The Morgan fingerprint density at radius 1 is 0.633 bits per heavy atom. The quantitative estimate of drug-likeness (QED) is 0.560. The summed E-state index contributed by atoms with van der Waals surface area (Å²) < 4.78 is 0. The highest BCUT2D eigenvalue weighted by molar-refractivity contribution is 5.94. The summed E-state index contributed by atoms with van der Waals surface area (Å²) in [6.07, 6.45) is 0.293. The van der Waals surface area contributed by atoms with Gasteiger partial charge in [0.25, 0.3) is 0 Å². The van der Waals surface area contributed by atoms with E-state index in [-0.39, 0.29) is 49.6 Å². The molecule has 1 unspecified atom stereocenters. The molecule has 0 heterocycles. The molecule has 0 aromatic rings. The molecule has 30 heavy (non-hydrogen) atoms. The SMILES string of the molecule is CC(C)(C)C(=O)CCC(=O)NC(CCC(=O)C(C)(C)C)C(=O)NCC(=O)C(C)(C)C. The lowest BCUT2D eigenvalue weighted by Gasteiger charge is -2.22. The van der Waals surface area contributed by atoms with Gasteiger partial charge in [0.15, 0.2) is 5.78 Å². The summed E-state index contributed by atoms with van der Waals surface area (Å²) in [7, 11) is 0. The number of hydrogen-bond donors (Lipinski definition) is 2. The zero-order valence-electron chi connectivity index (χ0n) is 20.2. The van der Waals surface area contributed by atoms with Gasteiger partial charge in [-0.2, -0.15) is 0 Å². The van der Waals surface area contributed by atoms with Gasteiger partial charge < -0.3 is 10.6 Å². The molecule has 0 saturated heterocycles. The van der Waals surface area contributed by atoms with Crippen LogP contribution < -0.4 is 10.6 Å². The van der Waals surface area contributed by atoms with E-state index >= 15 is 0 Å². The van der Waals surface area contributed by atoms with Crippen LogP contribution in [0.5, 0.6) is 0 Å². The number of hydrogen-bond acceptors (Lipinski definition) is 5. The molecular formula is C23H40N2O5. The van der Waals surface area contributed by atoms with Crippen LogP contribution in [-0.2, 0) is 24.0 Å². The molecule has 0 bridgehead atoms. The molecular weight excluding hydrogens is 384 g/mol. The van der Waals surface area contributed by atoms with Crippen LogP contribution in [0.3, 0.4) is 0 Å². The molecule has 2 amide bonds. The van der Waals surface area contributed by atoms with E-state index in [0.717, 1.165) is 0 Å². The molecule has 0 radical (unpaired) electrons. The summed E-state index contributed by atoms with van der Waals surface area (Å²) in [6, 6.07) is -0.943. The monoisotopic (exact) mass is 424 g/mol. The first-order valence-corrected chi connectivity index (χ1v) is 10.5. The number of rotatable bonds is 10. The van der Waals surface area contributed by atoms with Crippen molar-refractivity contribution < 1.29 is 24.0 Å². The molecule has 2 N–H and O–H groups in total. The fourth-order valence-electron chi connectivity index (χ4n) is 2.34. The standard InChI is InChI=1S/C23H40N2O5/c1-21(2,3)16(26)11-10-15(20(30)24-14-18(28)23(7,8)9)25-19(29)13-12-17(27)22(4,5)6/h15H,10-14H2,1-9H3,(H,24,30)(H,25,29). The molecule has 0 aliphatic carbocycles. The average Bonchev–Trinajstić information content (AvgIpc) is 2.57. The summed E-state index contributed by atoms with van der Waals surface area (Å²) in [5, 5.41) is 5.19. The van der Waals surface area contributed by atoms with E-state index in [1.54, 1.807) is 62.3 Å². The average molecular weight is 425 g/mol. The summed E-state index contributed by atoms with van der Waals surface area (Å²) in [6.45, 7) is 15.9. The fourth-order valence-corrected chi connectivity index (χ4v) is 2.34. The van der Waals surface area contributed by atoms with Crippen molar-refractivity contribution in [3.8, 4) is 0 Å². The lowest BCUT2D eigenvalue weighted by molar-refractivity contribution is -0.133. The maximum atomic E-state index is 12.6. The largest absolute Gasteiger partial charge is 0.347 e. The third kappa shape index (κ3) is 10.6. The van der Waals surface area contributed by atoms with Crippen molar-refractivity contribution in [1.82, 2.24) is 10.6 Å². The number of nitrogens with one attached hydrogen (secondary N) is 2. The Balaban J connectivity index is 5.08. The Labute approximate surface area is 181 Å². The summed E-state index contributed by atoms with van der Waals surface area (Å²) in [4.78, 5) is 61.3. The minimum Gasteiger partial charge on any atom is -0.347 e. The smallest absolute Gasteiger partial charge is 0.242 e. The number of carbonyl (C=O) groups is 5. The summed E-state index contributed by atoms with van der Waals surface area (Å²) >= 11 is 0. The second kappa shape index (κ2) is 10.8. The highest BCUT2D eigenvalue weighted by atomic mass is 16.2. The first-order chi connectivity index (χ1) is 13.4. The Morgan fingerprint density at radius 2 is 1.07 bits per heavy atom. The van der Waals surface area contributed by atoms with Crippen molar-refractivity contribution in [2.75, 3.05) is 6.54 Å². The molecule has 0 aliphatic heterocycles. The molecule has 0 fully saturated rings. The lowest BCUT2D eigenvalue weighted by Crippen LogP contribution is -2.49. The topological polar surface area (TPSA) is 109 Å². The van der Waals surface area contributed by atoms with Crippen LogP contribution in [-0.4, -0.2) is 41.8 Å². The minimum atomic E-state index is -0.943. The zero-order chi connectivity index (χ0) is 23.9. The molecule has 0 saturated carbocycles. The van der Waals surface area contributed by atoms with Crippen LogP contribution in [0.1, 0.15) is 88.0 Å². The van der Waals surface area contributed by atoms with E-state index in [2.05, 4.69) is 10.6 Å². The van der Waals surface area contributed by atoms with Gasteiger partial charge in [-0.05, 0) is 6.42 Å². The molecule has 0 spiro atoms. The first kappa shape index (κ1) is 27.9. The molecule has 7 nitrogen and oxygen atoms in total. The van der Waals surface area contributed by atoms with Gasteiger partial charge in [0.05, 0.1) is 6.54 Å². The predicted molar refractivity (Wildman–Crippen MR) is 117 cm³/mol. The van der Waals surface area contributed by atoms with Crippen molar-refractivity contribution in [2.45, 2.75) is 94.0 Å². The van der Waals surface area contributed by atoms with Crippen molar-refractivity contribution >= 4 is 29.2 Å². The first-order valence-electron chi connectivity index (χ1n) is 10.5. The summed E-state index contributed by atoms with van der Waals surface area (Å²) in [5.74, 6) is -1.15. The van der Waals surface area contributed by atoms with Gasteiger partial charge in [-0.25, -0.2) is 0 Å². The highest BCUT2D eigenvalue weighted by Gasteiger charge is 2.28. The summed E-state index contributed by atoms with van der Waals surface area (Å²) in [5.41, 5.74) is -1.68. The Hall–Kier alpha value is -2.05. The molecule has 0 aliphatic rings. The Bertz CT molecular complexity index is 661. The van der Waals surface area contributed by atoms with Gasteiger partial charge in [0.2, 0.25) is 11.8 Å². The van der Waals surface area contributed by atoms with E-state index in [4.69, 9.17) is 0 Å². The van der Waals surface area contributed by atoms with Crippen molar-refractivity contribution in [3.05, 3.63) is 0 Å². The number of ketones is 3. The Morgan fingerprint density at radius 3 is 1.50 bits per heavy atom. The Kier molecular flexibility index (Phi) is 10.1. The van der Waals surface area contributed by atoms with E-state index < -0.39 is 34.1 Å². The third-order valence-corrected chi connectivity index (χ3v) is 4.82. The second-order valence-electron chi connectivity index (χ2n) is 10.9. The maximum absolute atomic E-state index is 12.6. The molecule has 0 aromatic heterocycles. The molecule has 0 aromatic carbocycles. The van der Waals surface area contributed by atoms with Crippen LogP contribution in [0.15, 0.2) is 0 Å². The second-order valence-corrected chi connectivity index (χ2v) is 10.9. The van der Waals surface area contributed by atoms with Gasteiger partial charge in [-0.3, -0.25) is 24.0 Å². The lowest BCUT2D eigenvalue weighted by atomic mass is 9.87. The van der Waals surface area contributed by atoms with Crippen molar-refractivity contribution in [1.29, 1.82) is 0 Å². The molecule has 1 atom stereocenters. The van der Waals surface area contributed by atoms with E-state index in [0.29, 0.717) is 0 Å². The van der Waals surface area contributed by atoms with Gasteiger partial charge in [-0.15, -0.1) is 0 Å². The van der Waals surface area contributed by atoms with Gasteiger partial charge in [0.1, 0.15) is 17.6 Å². The van der Waals surface area contributed by atoms with E-state index in [9.17, 15) is 24.0 Å². The number of Topliss-reactive ketones (excluding diaryl/α,β-unsaturated/α-hetero) is 3. The number of amides is 2. The van der Waals surface area contributed by atoms with E-state index in [1.165, 1.54) is 0 Å². The maximum Gasteiger partial charge on any atom is 0.242 e. The van der Waals surface area contributed by atoms with Gasteiger partial charge in [0, 0.05) is 35.5 Å². The van der Waals surface area contributed by atoms with Crippen LogP contribution in [0.25, 0.3) is 0 Å². The molecule has 172 valence electrons. The van der Waals surface area contributed by atoms with Crippen molar-refractivity contribution in [3.63, 3.8) is 0 Å². The zero-order valence-corrected chi connectivity index (χ0v) is 20.2. The van der Waals surface area contributed by atoms with Crippen LogP contribution in [0.2, 0.25) is 0 Å². The number of carbonyl (C=O) groups excluding carboxylic acids is 5. The third-order valence-electron chi connectivity index (χ3n) is 4.82. The van der Waals surface area contributed by atoms with Crippen LogP contribution in [0.4, 0.5) is 0 Å². The molecule has 0 rings (SSSR count). The van der Waals surface area contributed by atoms with Crippen LogP contribution >= 0.6 is 0 Å². The van der Waals surface area contributed by atoms with Gasteiger partial charge in [-0.1, -0.05) is 62.3 Å². The normalized spacial score (nSPS) is 13.4. The van der Waals surface area contributed by atoms with Crippen LogP contribution in [0, 0.1) is 16.2 Å². The fraction of sp³-hybridized carbons (Fsp3) is 0.783. The van der Waals surface area contributed by atoms with E-state index in [1.807, 2.05) is 0 Å². The van der Waals surface area contributed by atoms with Crippen molar-refractivity contribution in [2.24, 2.45) is 16.2 Å². The minimum absolute atomic E-state index is 0.0248. The molecule has 7 heteroatoms. The van der Waals surface area contributed by atoms with Gasteiger partial charge >= 0.3 is 0 Å². The highest BCUT2D eigenvalue weighted by Crippen LogP contribution is 2.19. The predicted octanol–water partition coefficient (Wildman–Crippen LogP) is 2.99.